The summed E-state index contributed by atoms with van der Waals surface area (Å²) in [6, 6.07) is 0. The fourth-order valence-corrected chi connectivity index (χ4v) is 0.258. The van der Waals surface area contributed by atoms with Crippen molar-refractivity contribution in [3.63, 3.8) is 0 Å². The summed E-state index contributed by atoms with van der Waals surface area (Å²) in [6.07, 6.45) is -5.19. The van der Waals surface area contributed by atoms with Gasteiger partial charge in [-0.15, -0.1) is 0 Å². The number of hydrogen-bond acceptors (Lipinski definition) is 8. The van der Waals surface area contributed by atoms with Crippen LogP contribution in [0.3, 0.4) is 0 Å². The molecule has 10 heteroatoms. The average Bonchev–Trinajstić information content (AvgIpc) is 2.15. The Bertz CT molecular complexity index is 213. The average molecular weight is 283 g/mol. The number of hydrogen-bond donors (Lipinski definition) is 3. The van der Waals surface area contributed by atoms with Crippen LogP contribution in [-0.4, -0.2) is 64.7 Å². The van der Waals surface area contributed by atoms with E-state index in [1.165, 1.54) is 0 Å². The summed E-state index contributed by atoms with van der Waals surface area (Å²) in [5.74, 6) is -4.12. The Labute approximate surface area is 149 Å². The summed E-state index contributed by atoms with van der Waals surface area (Å²) < 4.78 is 0. The summed E-state index contributed by atoms with van der Waals surface area (Å²) >= 11 is 0. The number of carboxylic acids is 2. The molecular weight excluding hydrogens is 268 g/mol. The minimum Gasteiger partial charge on any atom is -0.547 e. The van der Waals surface area contributed by atoms with Crippen LogP contribution in [0.1, 0.15) is 6.92 Å². The van der Waals surface area contributed by atoms with Crippen LogP contribution >= 0.6 is 0 Å². The van der Waals surface area contributed by atoms with Crippen LogP contribution in [0.5, 0.6) is 0 Å². The van der Waals surface area contributed by atoms with Crippen LogP contribution in [0.4, 0.5) is 0 Å². The molecule has 0 saturated carbocycles. The van der Waals surface area contributed by atoms with Crippen molar-refractivity contribution >= 4 is 11.9 Å². The normalized spacial score (nSPS) is 13.9. The van der Waals surface area contributed by atoms with Crippen LogP contribution in [0.15, 0.2) is 0 Å². The minimum absolute atomic E-state index is 0. The van der Waals surface area contributed by atoms with Gasteiger partial charge >= 0.3 is 59.1 Å². The van der Waals surface area contributed by atoms with Gasteiger partial charge in [0.2, 0.25) is 0 Å². The SMILES string of the molecule is CC(O)N(C)C.O=C([O-])C(O)C(O)C(=O)[O-].[Na+].[Na+]. The number of nitrogens with zero attached hydrogens (tertiary/aromatic N) is 1. The van der Waals surface area contributed by atoms with Crippen molar-refractivity contribution in [3.8, 4) is 0 Å². The number of carboxylic acid groups (broad SMARTS) is 2. The number of carbonyl (C=O) groups excluding carboxylic acids is 2. The Balaban J connectivity index is -0.000000108. The van der Waals surface area contributed by atoms with E-state index in [9.17, 15) is 19.8 Å². The van der Waals surface area contributed by atoms with Crippen LogP contribution in [0.25, 0.3) is 0 Å². The molecular formula is C8H15NNa2O7. The van der Waals surface area contributed by atoms with E-state index >= 15 is 0 Å². The summed E-state index contributed by atoms with van der Waals surface area (Å²) in [5, 5.41) is 44.3. The van der Waals surface area contributed by atoms with Gasteiger partial charge in [-0.25, -0.2) is 0 Å². The minimum atomic E-state index is -2.44. The zero-order chi connectivity index (χ0) is 13.5. The predicted octanol–water partition coefficient (Wildman–Crippen LogP) is -10.9. The predicted molar refractivity (Wildman–Crippen MR) is 47.4 cm³/mol. The van der Waals surface area contributed by atoms with Crippen LogP contribution < -0.4 is 69.3 Å². The monoisotopic (exact) mass is 283 g/mol. The van der Waals surface area contributed by atoms with Crippen molar-refractivity contribution in [3.05, 3.63) is 0 Å². The van der Waals surface area contributed by atoms with Gasteiger partial charge in [0.05, 0.1) is 11.9 Å². The molecule has 0 rings (SSSR count). The topological polar surface area (TPSA) is 144 Å². The maximum atomic E-state index is 9.63. The first kappa shape index (κ1) is 27.2. The molecule has 3 N–H and O–H groups in total. The molecule has 0 bridgehead atoms. The molecule has 3 unspecified atom stereocenters. The molecule has 96 valence electrons. The second kappa shape index (κ2) is 14.2. The molecule has 0 aliphatic heterocycles. The first-order chi connectivity index (χ1) is 7.11. The van der Waals surface area contributed by atoms with Crippen LogP contribution in [0, 0.1) is 0 Å². The van der Waals surface area contributed by atoms with Gasteiger partial charge in [0.25, 0.3) is 0 Å². The number of aliphatic hydroxyl groups is 3. The molecule has 0 aromatic heterocycles. The van der Waals surface area contributed by atoms with Crippen molar-refractivity contribution in [2.45, 2.75) is 25.4 Å². The maximum absolute atomic E-state index is 9.63. The molecule has 0 aromatic rings. The number of rotatable bonds is 4. The summed E-state index contributed by atoms with van der Waals surface area (Å²) in [6.45, 7) is 1.72. The molecule has 0 radical (unpaired) electrons. The second-order valence-electron chi connectivity index (χ2n) is 3.12. The third-order valence-electron chi connectivity index (χ3n) is 1.53. The second-order valence-corrected chi connectivity index (χ2v) is 3.12. The number of aliphatic hydroxyl groups excluding tert-OH is 3. The fraction of sp³-hybridized carbons (Fsp3) is 0.750. The van der Waals surface area contributed by atoms with Crippen LogP contribution in [-0.2, 0) is 9.59 Å². The zero-order valence-corrected chi connectivity index (χ0v) is 15.2. The van der Waals surface area contributed by atoms with E-state index < -0.39 is 24.1 Å². The first-order valence-corrected chi connectivity index (χ1v) is 4.23. The molecule has 0 spiro atoms. The van der Waals surface area contributed by atoms with Crippen molar-refractivity contribution < 1.29 is 94.2 Å². The molecule has 0 aliphatic rings. The van der Waals surface area contributed by atoms with Crippen molar-refractivity contribution in [2.24, 2.45) is 0 Å². The van der Waals surface area contributed by atoms with Gasteiger partial charge in [0.15, 0.2) is 0 Å². The number of aliphatic carboxylic acids is 2. The van der Waals surface area contributed by atoms with E-state index in [0.29, 0.717) is 0 Å². The Morgan fingerprint density at radius 3 is 1.17 bits per heavy atom. The molecule has 0 amide bonds. The molecule has 0 aliphatic carbocycles. The standard InChI is InChI=1S/C4H11NO.C4H6O6.2Na/c1-4(6)5(2)3;5-1(3(7)8)2(6)4(9)10;;/h4,6H,1-3H3;1-2,5-6H,(H,7,8)(H,9,10);;/q;;2*+1/p-2. The van der Waals surface area contributed by atoms with Gasteiger partial charge < -0.3 is 35.1 Å². The van der Waals surface area contributed by atoms with Crippen molar-refractivity contribution in [1.29, 1.82) is 0 Å². The first-order valence-electron chi connectivity index (χ1n) is 4.23. The van der Waals surface area contributed by atoms with Gasteiger partial charge in [-0.1, -0.05) is 0 Å². The zero-order valence-electron chi connectivity index (χ0n) is 11.2. The van der Waals surface area contributed by atoms with Gasteiger partial charge in [-0.3, -0.25) is 4.90 Å². The molecule has 0 fully saturated rings. The van der Waals surface area contributed by atoms with Crippen LogP contribution in [0.2, 0.25) is 0 Å². The van der Waals surface area contributed by atoms with Crippen molar-refractivity contribution in [2.75, 3.05) is 14.1 Å². The largest absolute Gasteiger partial charge is 1.00 e. The summed E-state index contributed by atoms with van der Waals surface area (Å²) in [5.41, 5.74) is 0. The van der Waals surface area contributed by atoms with Gasteiger partial charge in [-0.05, 0) is 21.0 Å². The van der Waals surface area contributed by atoms with E-state index in [1.54, 1.807) is 11.8 Å². The summed E-state index contributed by atoms with van der Waals surface area (Å²) in [7, 11) is 3.65. The van der Waals surface area contributed by atoms with Gasteiger partial charge in [-0.2, -0.15) is 0 Å². The Hall–Kier alpha value is 0.780. The third-order valence-corrected chi connectivity index (χ3v) is 1.53. The van der Waals surface area contributed by atoms with Crippen molar-refractivity contribution in [1.82, 2.24) is 4.90 Å². The van der Waals surface area contributed by atoms with E-state index in [4.69, 9.17) is 15.3 Å². The van der Waals surface area contributed by atoms with E-state index in [1.807, 2.05) is 14.1 Å². The third kappa shape index (κ3) is 14.8. The Morgan fingerprint density at radius 2 is 1.11 bits per heavy atom. The fourth-order valence-electron chi connectivity index (χ4n) is 0.258. The van der Waals surface area contributed by atoms with E-state index in [2.05, 4.69) is 0 Å². The summed E-state index contributed by atoms with van der Waals surface area (Å²) in [4.78, 5) is 21.0. The molecule has 0 heterocycles. The molecule has 0 aromatic carbocycles. The van der Waals surface area contributed by atoms with E-state index in [0.717, 1.165) is 0 Å². The van der Waals surface area contributed by atoms with E-state index in [-0.39, 0.29) is 65.3 Å². The van der Waals surface area contributed by atoms with Gasteiger partial charge in [0.1, 0.15) is 18.4 Å². The molecule has 0 saturated heterocycles. The van der Waals surface area contributed by atoms with Gasteiger partial charge in [0, 0.05) is 0 Å². The molecule has 8 nitrogen and oxygen atoms in total. The molecule has 3 atom stereocenters. The quantitative estimate of drug-likeness (QED) is 0.341. The maximum Gasteiger partial charge on any atom is 1.00 e. The molecule has 18 heavy (non-hydrogen) atoms. The smallest absolute Gasteiger partial charge is 0.547 e. The Morgan fingerprint density at radius 1 is 0.944 bits per heavy atom. The number of carbonyl (C=O) groups is 2. The Kier molecular flexibility index (Phi) is 21.4.